The van der Waals surface area contributed by atoms with Gasteiger partial charge in [-0.2, -0.15) is 5.10 Å². The molecular formula is C18H20ClN5O3. The van der Waals surface area contributed by atoms with E-state index in [-0.39, 0.29) is 11.9 Å². The zero-order valence-corrected chi connectivity index (χ0v) is 15.4. The molecule has 0 spiro atoms. The molecule has 0 radical (unpaired) electrons. The maximum Gasteiger partial charge on any atom is 0.284 e. The van der Waals surface area contributed by atoms with Gasteiger partial charge in [-0.25, -0.2) is 4.68 Å². The molecule has 1 aromatic carbocycles. The minimum atomic E-state index is -1.08. The summed E-state index contributed by atoms with van der Waals surface area (Å²) in [6.45, 7) is 1.23. The molecule has 0 saturated carbocycles. The van der Waals surface area contributed by atoms with Crippen molar-refractivity contribution in [2.24, 2.45) is 0 Å². The van der Waals surface area contributed by atoms with Gasteiger partial charge in [-0.15, -0.1) is 0 Å². The van der Waals surface area contributed by atoms with Crippen LogP contribution in [0.2, 0.25) is 0 Å². The van der Waals surface area contributed by atoms with Crippen molar-refractivity contribution in [3.05, 3.63) is 64.1 Å². The van der Waals surface area contributed by atoms with E-state index in [1.807, 2.05) is 29.1 Å². The quantitative estimate of drug-likeness (QED) is 0.353. The topological polar surface area (TPSA) is 94.3 Å². The summed E-state index contributed by atoms with van der Waals surface area (Å²) in [5.41, 5.74) is 2.02. The average Bonchev–Trinajstić information content (AvgIpc) is 3.12. The number of hydrogen-bond donors (Lipinski definition) is 2. The van der Waals surface area contributed by atoms with Crippen molar-refractivity contribution in [2.75, 3.05) is 6.61 Å². The van der Waals surface area contributed by atoms with E-state index in [0.717, 1.165) is 42.3 Å². The molecule has 1 saturated heterocycles. The van der Waals surface area contributed by atoms with Crippen molar-refractivity contribution in [1.82, 2.24) is 20.4 Å². The number of dihydropyridines is 1. The first-order valence-electron chi connectivity index (χ1n) is 8.88. The van der Waals surface area contributed by atoms with Crippen LogP contribution in [0.1, 0.15) is 31.1 Å². The third kappa shape index (κ3) is 3.69. The SMILES string of the molecule is O=[N+]([O-])C1=CNC(Cl)(NCc2cccc3c2cnn3C2CCCCO2)C=C1. The molecule has 27 heavy (non-hydrogen) atoms. The number of ether oxygens (including phenoxy) is 1. The molecule has 2 N–H and O–H groups in total. The maximum atomic E-state index is 10.8. The van der Waals surface area contributed by atoms with E-state index < -0.39 is 10.0 Å². The van der Waals surface area contributed by atoms with Gasteiger partial charge in [-0.1, -0.05) is 23.7 Å². The van der Waals surface area contributed by atoms with Crippen LogP contribution in [-0.4, -0.2) is 26.4 Å². The molecule has 1 aromatic heterocycles. The second-order valence-corrected chi connectivity index (χ2v) is 7.23. The van der Waals surface area contributed by atoms with Crippen LogP contribution in [-0.2, 0) is 11.3 Å². The van der Waals surface area contributed by atoms with Crippen molar-refractivity contribution >= 4 is 22.5 Å². The molecule has 0 bridgehead atoms. The number of nitro groups is 1. The molecule has 0 aliphatic carbocycles. The van der Waals surface area contributed by atoms with Crippen molar-refractivity contribution < 1.29 is 9.66 Å². The highest BCUT2D eigenvalue weighted by molar-refractivity contribution is 6.24. The molecule has 9 heteroatoms. The van der Waals surface area contributed by atoms with Gasteiger partial charge < -0.3 is 10.1 Å². The van der Waals surface area contributed by atoms with E-state index in [1.54, 1.807) is 0 Å². The summed E-state index contributed by atoms with van der Waals surface area (Å²) in [7, 11) is 0. The first kappa shape index (κ1) is 18.0. The van der Waals surface area contributed by atoms with Crippen LogP contribution in [0.3, 0.4) is 0 Å². The molecule has 0 amide bonds. The number of fused-ring (bicyclic) bond motifs is 1. The molecule has 2 aliphatic heterocycles. The van der Waals surface area contributed by atoms with Gasteiger partial charge in [0.05, 0.1) is 22.8 Å². The highest BCUT2D eigenvalue weighted by Crippen LogP contribution is 2.28. The third-order valence-corrected chi connectivity index (χ3v) is 5.19. The van der Waals surface area contributed by atoms with E-state index in [2.05, 4.69) is 15.7 Å². The van der Waals surface area contributed by atoms with Gasteiger partial charge in [0.15, 0.2) is 11.3 Å². The number of aromatic nitrogens is 2. The zero-order valence-electron chi connectivity index (χ0n) is 14.6. The predicted molar refractivity (Wildman–Crippen MR) is 101 cm³/mol. The Morgan fingerprint density at radius 3 is 3.07 bits per heavy atom. The van der Waals surface area contributed by atoms with Crippen LogP contribution in [0, 0.1) is 10.1 Å². The summed E-state index contributed by atoms with van der Waals surface area (Å²) in [5, 5.41) is 21.3. The van der Waals surface area contributed by atoms with E-state index in [9.17, 15) is 10.1 Å². The van der Waals surface area contributed by atoms with Crippen LogP contribution in [0.15, 0.2) is 48.4 Å². The predicted octanol–water partition coefficient (Wildman–Crippen LogP) is 3.00. The number of nitrogens with zero attached hydrogens (tertiary/aromatic N) is 3. The van der Waals surface area contributed by atoms with Crippen molar-refractivity contribution in [1.29, 1.82) is 0 Å². The third-order valence-electron chi connectivity index (χ3n) is 4.82. The normalized spacial score (nSPS) is 25.2. The summed E-state index contributed by atoms with van der Waals surface area (Å²) in [6.07, 6.45) is 9.23. The minimum Gasteiger partial charge on any atom is -0.356 e. The first-order chi connectivity index (χ1) is 13.1. The minimum absolute atomic E-state index is 0.0209. The molecule has 142 valence electrons. The first-order valence-corrected chi connectivity index (χ1v) is 9.26. The Hall–Kier alpha value is -2.42. The monoisotopic (exact) mass is 389 g/mol. The summed E-state index contributed by atoms with van der Waals surface area (Å²) >= 11 is 6.46. The van der Waals surface area contributed by atoms with Gasteiger partial charge in [0, 0.05) is 24.6 Å². The Morgan fingerprint density at radius 2 is 2.37 bits per heavy atom. The van der Waals surface area contributed by atoms with Crippen LogP contribution in [0.5, 0.6) is 0 Å². The highest BCUT2D eigenvalue weighted by Gasteiger charge is 2.27. The number of halogens is 1. The van der Waals surface area contributed by atoms with E-state index in [0.29, 0.717) is 6.54 Å². The molecule has 2 unspecified atom stereocenters. The molecule has 4 rings (SSSR count). The number of hydrogen-bond acceptors (Lipinski definition) is 6. The van der Waals surface area contributed by atoms with Gasteiger partial charge in [0.1, 0.15) is 0 Å². The Kier molecular flexibility index (Phi) is 4.86. The molecule has 3 heterocycles. The van der Waals surface area contributed by atoms with Crippen LogP contribution in [0.25, 0.3) is 10.9 Å². The second kappa shape index (κ2) is 7.30. The van der Waals surface area contributed by atoms with Crippen molar-refractivity contribution in [3.63, 3.8) is 0 Å². The maximum absolute atomic E-state index is 10.8. The zero-order chi connectivity index (χ0) is 18.9. The Morgan fingerprint density at radius 1 is 1.48 bits per heavy atom. The lowest BCUT2D eigenvalue weighted by molar-refractivity contribution is -0.419. The second-order valence-electron chi connectivity index (χ2n) is 6.63. The smallest absolute Gasteiger partial charge is 0.284 e. The van der Waals surface area contributed by atoms with E-state index in [4.69, 9.17) is 16.3 Å². The van der Waals surface area contributed by atoms with Crippen LogP contribution in [0.4, 0.5) is 0 Å². The summed E-state index contributed by atoms with van der Waals surface area (Å²) < 4.78 is 7.80. The van der Waals surface area contributed by atoms with Gasteiger partial charge in [0.2, 0.25) is 0 Å². The average molecular weight is 390 g/mol. The molecule has 1 fully saturated rings. The molecule has 2 aliphatic rings. The standard InChI is InChI=1S/C18H20ClN5O3/c19-18(8-7-14(11-21-18)24(25)26)20-10-13-4-3-5-16-15(13)12-22-23(16)17-6-1-2-9-27-17/h3-5,7-8,11-12,17,20-21H,1-2,6,9-10H2. The molecule has 2 aromatic rings. The Balaban J connectivity index is 1.51. The summed E-state index contributed by atoms with van der Waals surface area (Å²) in [4.78, 5) is 10.3. The highest BCUT2D eigenvalue weighted by atomic mass is 35.5. The summed E-state index contributed by atoms with van der Waals surface area (Å²) in [6, 6.07) is 6.02. The lowest BCUT2D eigenvalue weighted by Gasteiger charge is -2.27. The molecule has 8 nitrogen and oxygen atoms in total. The molecule has 2 atom stereocenters. The van der Waals surface area contributed by atoms with E-state index >= 15 is 0 Å². The van der Waals surface area contributed by atoms with Crippen LogP contribution >= 0.6 is 11.6 Å². The number of allylic oxidation sites excluding steroid dienone is 1. The number of alkyl halides is 1. The lowest BCUT2D eigenvalue weighted by atomic mass is 10.1. The fourth-order valence-corrected chi connectivity index (χ4v) is 3.54. The van der Waals surface area contributed by atoms with E-state index in [1.165, 1.54) is 18.4 Å². The van der Waals surface area contributed by atoms with Gasteiger partial charge in [-0.05, 0) is 37.0 Å². The Bertz CT molecular complexity index is 919. The summed E-state index contributed by atoms with van der Waals surface area (Å²) in [5.74, 6) is 0. The Labute approximate surface area is 161 Å². The van der Waals surface area contributed by atoms with Gasteiger partial charge in [0.25, 0.3) is 5.70 Å². The lowest BCUT2D eigenvalue weighted by Crippen LogP contribution is -2.49. The fourth-order valence-electron chi connectivity index (χ4n) is 3.35. The largest absolute Gasteiger partial charge is 0.356 e. The van der Waals surface area contributed by atoms with Crippen molar-refractivity contribution in [2.45, 2.75) is 37.2 Å². The van der Waals surface area contributed by atoms with Gasteiger partial charge in [-0.3, -0.25) is 15.4 Å². The number of benzene rings is 1. The van der Waals surface area contributed by atoms with Crippen LogP contribution < -0.4 is 10.6 Å². The number of rotatable bonds is 5. The molecular weight excluding hydrogens is 370 g/mol. The fraction of sp³-hybridized carbons (Fsp3) is 0.389. The number of nitrogens with one attached hydrogen (secondary N) is 2. The van der Waals surface area contributed by atoms with Gasteiger partial charge >= 0.3 is 0 Å². The van der Waals surface area contributed by atoms with Crippen molar-refractivity contribution in [3.8, 4) is 0 Å².